The fourth-order valence-electron chi connectivity index (χ4n) is 4.31. The van der Waals surface area contributed by atoms with Crippen LogP contribution in [0.25, 0.3) is 0 Å². The first-order chi connectivity index (χ1) is 9.24. The van der Waals surface area contributed by atoms with E-state index in [1.165, 1.54) is 25.7 Å². The Bertz CT molecular complexity index is 292. The van der Waals surface area contributed by atoms with Crippen molar-refractivity contribution in [2.45, 2.75) is 57.1 Å². The highest BCUT2D eigenvalue weighted by Crippen LogP contribution is 2.44. The van der Waals surface area contributed by atoms with Crippen molar-refractivity contribution in [1.29, 1.82) is 0 Å². The predicted molar refractivity (Wildman–Crippen MR) is 76.2 cm³/mol. The monoisotopic (exact) mass is 267 g/mol. The summed E-state index contributed by atoms with van der Waals surface area (Å²) in [5.41, 5.74) is 0.138. The van der Waals surface area contributed by atoms with Crippen molar-refractivity contribution in [3.8, 4) is 0 Å². The van der Waals surface area contributed by atoms with Crippen LogP contribution >= 0.6 is 0 Å². The molecule has 1 N–H and O–H groups in total. The first-order valence-electron chi connectivity index (χ1n) is 8.13. The molecule has 110 valence electrons. The van der Waals surface area contributed by atoms with E-state index >= 15 is 0 Å². The Labute approximate surface area is 117 Å². The zero-order valence-electron chi connectivity index (χ0n) is 12.5. The summed E-state index contributed by atoms with van der Waals surface area (Å²) in [5, 5.41) is 3.63. The highest BCUT2D eigenvalue weighted by Gasteiger charge is 2.44. The minimum Gasteiger partial charge on any atom is -0.381 e. The Kier molecular flexibility index (Phi) is 4.16. The van der Waals surface area contributed by atoms with E-state index in [2.05, 4.69) is 19.3 Å². The van der Waals surface area contributed by atoms with Crippen molar-refractivity contribution in [1.82, 2.24) is 5.32 Å². The predicted octanol–water partition coefficient (Wildman–Crippen LogP) is 2.60. The molecule has 2 heterocycles. The van der Waals surface area contributed by atoms with Crippen molar-refractivity contribution in [3.63, 3.8) is 0 Å². The maximum Gasteiger partial charge on any atom is 0.0729 e. The standard InChI is InChI=1S/C16H29NO2/c1-12(13-3-4-13)15(17-2)14-5-8-19-16(11-14)6-9-18-10-7-16/h12-15,17H,3-11H2,1-2H3. The summed E-state index contributed by atoms with van der Waals surface area (Å²) < 4.78 is 11.7. The average molecular weight is 267 g/mol. The van der Waals surface area contributed by atoms with Gasteiger partial charge in [0, 0.05) is 25.9 Å². The second kappa shape index (κ2) is 5.71. The summed E-state index contributed by atoms with van der Waals surface area (Å²) in [6, 6.07) is 0.677. The van der Waals surface area contributed by atoms with Crippen molar-refractivity contribution >= 4 is 0 Å². The zero-order chi connectivity index (χ0) is 13.3. The summed E-state index contributed by atoms with van der Waals surface area (Å²) in [5.74, 6) is 2.59. The average Bonchev–Trinajstić information content (AvgIpc) is 3.25. The van der Waals surface area contributed by atoms with Crippen LogP contribution < -0.4 is 5.32 Å². The molecular weight excluding hydrogens is 238 g/mol. The Morgan fingerprint density at radius 1 is 1.05 bits per heavy atom. The highest BCUT2D eigenvalue weighted by atomic mass is 16.5. The normalized spacial score (nSPS) is 34.1. The molecule has 3 unspecified atom stereocenters. The van der Waals surface area contributed by atoms with E-state index < -0.39 is 0 Å². The first kappa shape index (κ1) is 13.8. The molecule has 0 bridgehead atoms. The maximum absolute atomic E-state index is 6.18. The number of rotatable bonds is 4. The summed E-state index contributed by atoms with van der Waals surface area (Å²) in [6.45, 7) is 5.16. The molecular formula is C16H29NO2. The third kappa shape index (κ3) is 2.98. The van der Waals surface area contributed by atoms with Gasteiger partial charge in [0.2, 0.25) is 0 Å². The van der Waals surface area contributed by atoms with Gasteiger partial charge in [-0.1, -0.05) is 6.92 Å². The van der Waals surface area contributed by atoms with Gasteiger partial charge in [0.05, 0.1) is 5.60 Å². The Morgan fingerprint density at radius 3 is 2.42 bits per heavy atom. The molecule has 0 aromatic rings. The SMILES string of the molecule is CNC(C1CCOC2(CCOCC2)C1)C(C)C1CC1. The summed E-state index contributed by atoms with van der Waals surface area (Å²) in [4.78, 5) is 0. The lowest BCUT2D eigenvalue weighted by Gasteiger charge is -2.46. The van der Waals surface area contributed by atoms with Crippen LogP contribution in [-0.4, -0.2) is 38.5 Å². The van der Waals surface area contributed by atoms with E-state index in [0.29, 0.717) is 6.04 Å². The van der Waals surface area contributed by atoms with E-state index in [9.17, 15) is 0 Å². The molecule has 2 saturated heterocycles. The van der Waals surface area contributed by atoms with Crippen LogP contribution in [-0.2, 0) is 9.47 Å². The molecule has 0 aromatic heterocycles. The van der Waals surface area contributed by atoms with Gasteiger partial charge in [0.25, 0.3) is 0 Å². The van der Waals surface area contributed by atoms with E-state index in [0.717, 1.165) is 50.4 Å². The Balaban J connectivity index is 1.65. The molecule has 0 radical (unpaired) electrons. The van der Waals surface area contributed by atoms with Gasteiger partial charge in [-0.3, -0.25) is 0 Å². The maximum atomic E-state index is 6.18. The van der Waals surface area contributed by atoms with Crippen LogP contribution in [0.5, 0.6) is 0 Å². The van der Waals surface area contributed by atoms with Crippen molar-refractivity contribution in [2.24, 2.45) is 17.8 Å². The molecule has 2 aliphatic heterocycles. The molecule has 19 heavy (non-hydrogen) atoms. The van der Waals surface area contributed by atoms with Crippen LogP contribution in [0.1, 0.15) is 45.4 Å². The van der Waals surface area contributed by atoms with Crippen molar-refractivity contribution < 1.29 is 9.47 Å². The molecule has 3 nitrogen and oxygen atoms in total. The lowest BCUT2D eigenvalue weighted by atomic mass is 9.74. The molecule has 0 amide bonds. The largest absolute Gasteiger partial charge is 0.381 e. The minimum absolute atomic E-state index is 0.138. The van der Waals surface area contributed by atoms with Crippen LogP contribution in [0.15, 0.2) is 0 Å². The molecule has 3 atom stereocenters. The third-order valence-electron chi connectivity index (χ3n) is 5.71. The molecule has 3 fully saturated rings. The van der Waals surface area contributed by atoms with Gasteiger partial charge < -0.3 is 14.8 Å². The minimum atomic E-state index is 0.138. The molecule has 1 spiro atoms. The number of nitrogens with one attached hydrogen (secondary N) is 1. The van der Waals surface area contributed by atoms with Crippen LogP contribution in [0.4, 0.5) is 0 Å². The fraction of sp³-hybridized carbons (Fsp3) is 1.00. The van der Waals surface area contributed by atoms with E-state index in [-0.39, 0.29) is 5.60 Å². The van der Waals surface area contributed by atoms with Crippen molar-refractivity contribution in [2.75, 3.05) is 26.9 Å². The molecule has 3 rings (SSSR count). The zero-order valence-corrected chi connectivity index (χ0v) is 12.5. The van der Waals surface area contributed by atoms with Crippen LogP contribution in [0.2, 0.25) is 0 Å². The smallest absolute Gasteiger partial charge is 0.0729 e. The lowest BCUT2D eigenvalue weighted by Crippen LogP contribution is -2.50. The second-order valence-corrected chi connectivity index (χ2v) is 6.91. The van der Waals surface area contributed by atoms with E-state index in [1.54, 1.807) is 0 Å². The van der Waals surface area contributed by atoms with Gasteiger partial charge in [-0.2, -0.15) is 0 Å². The molecule has 1 aliphatic carbocycles. The van der Waals surface area contributed by atoms with Gasteiger partial charge in [-0.25, -0.2) is 0 Å². The fourth-order valence-corrected chi connectivity index (χ4v) is 4.31. The van der Waals surface area contributed by atoms with E-state index in [1.807, 2.05) is 0 Å². The third-order valence-corrected chi connectivity index (χ3v) is 5.71. The Hall–Kier alpha value is -0.120. The summed E-state index contributed by atoms with van der Waals surface area (Å²) >= 11 is 0. The van der Waals surface area contributed by atoms with Gasteiger partial charge >= 0.3 is 0 Å². The second-order valence-electron chi connectivity index (χ2n) is 6.91. The number of hydrogen-bond donors (Lipinski definition) is 1. The topological polar surface area (TPSA) is 30.5 Å². The highest BCUT2D eigenvalue weighted by molar-refractivity contribution is 4.96. The molecule has 3 aliphatic rings. The number of hydrogen-bond acceptors (Lipinski definition) is 3. The quantitative estimate of drug-likeness (QED) is 0.849. The summed E-state index contributed by atoms with van der Waals surface area (Å²) in [7, 11) is 2.15. The lowest BCUT2D eigenvalue weighted by molar-refractivity contribution is -0.151. The molecule has 3 heteroatoms. The van der Waals surface area contributed by atoms with Gasteiger partial charge in [-0.05, 0) is 63.3 Å². The molecule has 1 saturated carbocycles. The van der Waals surface area contributed by atoms with Crippen LogP contribution in [0, 0.1) is 17.8 Å². The molecule has 0 aromatic carbocycles. The van der Waals surface area contributed by atoms with E-state index in [4.69, 9.17) is 9.47 Å². The van der Waals surface area contributed by atoms with Crippen LogP contribution in [0.3, 0.4) is 0 Å². The summed E-state index contributed by atoms with van der Waals surface area (Å²) in [6.07, 6.45) is 7.54. The van der Waals surface area contributed by atoms with Gasteiger partial charge in [0.15, 0.2) is 0 Å². The first-order valence-corrected chi connectivity index (χ1v) is 8.13. The van der Waals surface area contributed by atoms with Gasteiger partial charge in [-0.15, -0.1) is 0 Å². The Morgan fingerprint density at radius 2 is 1.79 bits per heavy atom. The van der Waals surface area contributed by atoms with Crippen molar-refractivity contribution in [3.05, 3.63) is 0 Å². The van der Waals surface area contributed by atoms with Gasteiger partial charge in [0.1, 0.15) is 0 Å². The number of ether oxygens (including phenoxy) is 2.